The molecular formula is C19H17N3O2. The van der Waals surface area contributed by atoms with Crippen LogP contribution in [-0.2, 0) is 6.54 Å². The van der Waals surface area contributed by atoms with Gasteiger partial charge in [-0.3, -0.25) is 9.78 Å². The van der Waals surface area contributed by atoms with Crippen molar-refractivity contribution in [1.82, 2.24) is 9.97 Å². The van der Waals surface area contributed by atoms with Crippen LogP contribution in [0.25, 0.3) is 0 Å². The number of aromatic nitrogens is 2. The normalized spacial score (nSPS) is 10.2. The number of hydrogen-bond donors (Lipinski definition) is 0. The molecule has 3 rings (SSSR count). The molecule has 0 N–H and O–H groups in total. The second-order valence-electron chi connectivity index (χ2n) is 5.17. The van der Waals surface area contributed by atoms with Crippen LogP contribution in [0.4, 0.5) is 5.69 Å². The number of carbonyl (C=O) groups excluding carboxylic acids is 1. The van der Waals surface area contributed by atoms with Crippen molar-refractivity contribution in [2.75, 3.05) is 12.0 Å². The predicted octanol–water partition coefficient (Wildman–Crippen LogP) is 3.33. The summed E-state index contributed by atoms with van der Waals surface area (Å²) in [5.41, 5.74) is 2.12. The molecule has 0 aliphatic heterocycles. The second-order valence-corrected chi connectivity index (χ2v) is 5.17. The van der Waals surface area contributed by atoms with E-state index in [2.05, 4.69) is 9.97 Å². The first-order valence-corrected chi connectivity index (χ1v) is 7.54. The summed E-state index contributed by atoms with van der Waals surface area (Å²) in [6, 6.07) is 17.2. The van der Waals surface area contributed by atoms with E-state index in [4.69, 9.17) is 4.74 Å². The summed E-state index contributed by atoms with van der Waals surface area (Å²) in [4.78, 5) is 22.7. The predicted molar refractivity (Wildman–Crippen MR) is 92.0 cm³/mol. The first-order valence-electron chi connectivity index (χ1n) is 7.54. The van der Waals surface area contributed by atoms with Crippen molar-refractivity contribution < 1.29 is 9.53 Å². The van der Waals surface area contributed by atoms with Gasteiger partial charge in [-0.25, -0.2) is 4.98 Å². The van der Waals surface area contributed by atoms with E-state index >= 15 is 0 Å². The Balaban J connectivity index is 1.95. The van der Waals surface area contributed by atoms with Gasteiger partial charge in [-0.05, 0) is 29.8 Å². The third-order valence-corrected chi connectivity index (χ3v) is 3.60. The van der Waals surface area contributed by atoms with Crippen molar-refractivity contribution in [3.05, 3.63) is 84.4 Å². The lowest BCUT2D eigenvalue weighted by molar-refractivity contribution is 0.0980. The van der Waals surface area contributed by atoms with Crippen molar-refractivity contribution in [2.24, 2.45) is 0 Å². The van der Waals surface area contributed by atoms with Crippen LogP contribution in [0.3, 0.4) is 0 Å². The third-order valence-electron chi connectivity index (χ3n) is 3.60. The number of anilines is 1. The Hall–Kier alpha value is -3.21. The van der Waals surface area contributed by atoms with Crippen molar-refractivity contribution in [3.8, 4) is 5.75 Å². The van der Waals surface area contributed by atoms with Crippen LogP contribution in [0.1, 0.15) is 16.1 Å². The molecule has 5 heteroatoms. The van der Waals surface area contributed by atoms with E-state index in [1.807, 2.05) is 54.6 Å². The zero-order valence-corrected chi connectivity index (χ0v) is 13.3. The van der Waals surface area contributed by atoms with E-state index in [9.17, 15) is 4.79 Å². The second kappa shape index (κ2) is 7.37. The molecule has 0 unspecified atom stereocenters. The zero-order chi connectivity index (χ0) is 16.8. The highest BCUT2D eigenvalue weighted by molar-refractivity contribution is 6.04. The molecule has 0 saturated heterocycles. The van der Waals surface area contributed by atoms with Crippen molar-refractivity contribution in [1.29, 1.82) is 0 Å². The molecule has 0 radical (unpaired) electrons. The van der Waals surface area contributed by atoms with E-state index in [0.717, 1.165) is 17.0 Å². The number of ether oxygens (including phenoxy) is 1. The molecule has 0 aliphatic rings. The van der Waals surface area contributed by atoms with Crippen LogP contribution in [-0.4, -0.2) is 23.0 Å². The molecular weight excluding hydrogens is 302 g/mol. The van der Waals surface area contributed by atoms with Gasteiger partial charge in [0.1, 0.15) is 11.4 Å². The molecule has 3 aromatic rings. The Kier molecular flexibility index (Phi) is 4.81. The molecule has 0 spiro atoms. The van der Waals surface area contributed by atoms with E-state index in [1.54, 1.807) is 18.2 Å². The van der Waals surface area contributed by atoms with Gasteiger partial charge in [0, 0.05) is 18.1 Å². The number of carbonyl (C=O) groups is 1. The molecule has 2 aromatic carbocycles. The van der Waals surface area contributed by atoms with Gasteiger partial charge in [0.2, 0.25) is 0 Å². The van der Waals surface area contributed by atoms with Gasteiger partial charge in [0.05, 0.1) is 19.9 Å². The molecule has 1 aromatic heterocycles. The molecule has 0 aliphatic carbocycles. The minimum atomic E-state index is -0.197. The highest BCUT2D eigenvalue weighted by Crippen LogP contribution is 2.22. The van der Waals surface area contributed by atoms with Gasteiger partial charge < -0.3 is 9.64 Å². The molecule has 0 atom stereocenters. The van der Waals surface area contributed by atoms with Crippen LogP contribution in [0, 0.1) is 0 Å². The van der Waals surface area contributed by atoms with Gasteiger partial charge in [-0.2, -0.15) is 0 Å². The molecule has 1 amide bonds. The summed E-state index contributed by atoms with van der Waals surface area (Å²) >= 11 is 0. The average molecular weight is 319 g/mol. The molecule has 0 saturated carbocycles. The van der Waals surface area contributed by atoms with Gasteiger partial charge >= 0.3 is 0 Å². The maximum Gasteiger partial charge on any atom is 0.278 e. The maximum absolute atomic E-state index is 12.9. The monoisotopic (exact) mass is 319 g/mol. The fourth-order valence-corrected chi connectivity index (χ4v) is 2.36. The zero-order valence-electron chi connectivity index (χ0n) is 13.3. The van der Waals surface area contributed by atoms with Gasteiger partial charge in [-0.1, -0.05) is 30.3 Å². The third kappa shape index (κ3) is 3.57. The minimum absolute atomic E-state index is 0.197. The van der Waals surface area contributed by atoms with Crippen LogP contribution >= 0.6 is 0 Å². The first kappa shape index (κ1) is 15.7. The van der Waals surface area contributed by atoms with E-state index < -0.39 is 0 Å². The molecule has 0 bridgehead atoms. The number of benzene rings is 2. The lowest BCUT2D eigenvalue weighted by Crippen LogP contribution is -2.31. The standard InChI is InChI=1S/C19H17N3O2/c1-24-17-9-7-16(8-10-17)22(14-15-5-3-2-4-6-15)19(23)18-13-20-11-12-21-18/h2-13H,14H2,1H3. The SMILES string of the molecule is COc1ccc(N(Cc2ccccc2)C(=O)c2cnccn2)cc1. The Morgan fingerprint density at radius 1 is 1.04 bits per heavy atom. The minimum Gasteiger partial charge on any atom is -0.497 e. The van der Waals surface area contributed by atoms with Crippen molar-refractivity contribution in [3.63, 3.8) is 0 Å². The smallest absolute Gasteiger partial charge is 0.278 e. The van der Waals surface area contributed by atoms with Gasteiger partial charge in [-0.15, -0.1) is 0 Å². The largest absolute Gasteiger partial charge is 0.497 e. The molecule has 1 heterocycles. The Bertz CT molecular complexity index is 790. The van der Waals surface area contributed by atoms with Gasteiger partial charge in [0.15, 0.2) is 0 Å². The Morgan fingerprint density at radius 2 is 1.79 bits per heavy atom. The maximum atomic E-state index is 12.9. The summed E-state index contributed by atoms with van der Waals surface area (Å²) in [5.74, 6) is 0.544. The van der Waals surface area contributed by atoms with Crippen LogP contribution < -0.4 is 9.64 Å². The number of nitrogens with zero attached hydrogens (tertiary/aromatic N) is 3. The molecule has 24 heavy (non-hydrogen) atoms. The summed E-state index contributed by atoms with van der Waals surface area (Å²) in [7, 11) is 1.61. The van der Waals surface area contributed by atoms with Crippen molar-refractivity contribution in [2.45, 2.75) is 6.54 Å². The van der Waals surface area contributed by atoms with E-state index in [0.29, 0.717) is 12.2 Å². The highest BCUT2D eigenvalue weighted by Gasteiger charge is 2.19. The number of rotatable bonds is 5. The Morgan fingerprint density at radius 3 is 2.42 bits per heavy atom. The molecule has 120 valence electrons. The summed E-state index contributed by atoms with van der Waals surface area (Å²) in [6.07, 6.45) is 4.54. The number of amides is 1. The quantitative estimate of drug-likeness (QED) is 0.724. The number of methoxy groups -OCH3 is 1. The summed E-state index contributed by atoms with van der Waals surface area (Å²) in [5, 5.41) is 0. The number of hydrogen-bond acceptors (Lipinski definition) is 4. The Labute approximate surface area is 140 Å². The lowest BCUT2D eigenvalue weighted by atomic mass is 10.2. The van der Waals surface area contributed by atoms with E-state index in [1.165, 1.54) is 12.4 Å². The topological polar surface area (TPSA) is 55.3 Å². The average Bonchev–Trinajstić information content (AvgIpc) is 2.67. The van der Waals surface area contributed by atoms with Crippen LogP contribution in [0.5, 0.6) is 5.75 Å². The van der Waals surface area contributed by atoms with Gasteiger partial charge in [0.25, 0.3) is 5.91 Å². The van der Waals surface area contributed by atoms with E-state index in [-0.39, 0.29) is 5.91 Å². The lowest BCUT2D eigenvalue weighted by Gasteiger charge is -2.23. The fraction of sp³-hybridized carbons (Fsp3) is 0.105. The summed E-state index contributed by atoms with van der Waals surface area (Å²) < 4.78 is 5.19. The summed E-state index contributed by atoms with van der Waals surface area (Å²) in [6.45, 7) is 0.447. The molecule has 5 nitrogen and oxygen atoms in total. The highest BCUT2D eigenvalue weighted by atomic mass is 16.5. The fourth-order valence-electron chi connectivity index (χ4n) is 2.36. The molecule has 0 fully saturated rings. The van der Waals surface area contributed by atoms with Crippen LogP contribution in [0.15, 0.2) is 73.2 Å². The van der Waals surface area contributed by atoms with Crippen molar-refractivity contribution >= 4 is 11.6 Å². The first-order chi connectivity index (χ1) is 11.8. The van der Waals surface area contributed by atoms with Crippen LogP contribution in [0.2, 0.25) is 0 Å².